The molecule has 100 valence electrons. The minimum atomic E-state index is -0.971. The van der Waals surface area contributed by atoms with Crippen LogP contribution < -0.4 is 0 Å². The molecule has 4 heteroatoms. The predicted octanol–water partition coefficient (Wildman–Crippen LogP) is 1.49. The van der Waals surface area contributed by atoms with E-state index >= 15 is 0 Å². The van der Waals surface area contributed by atoms with Crippen molar-refractivity contribution in [1.29, 1.82) is 0 Å². The number of rotatable bonds is 4. The number of hydrogen-bond acceptors (Lipinski definition) is 3. The number of allylic oxidation sites excluding steroid dienone is 2. The highest BCUT2D eigenvalue weighted by Crippen LogP contribution is 2.35. The molecule has 18 heavy (non-hydrogen) atoms. The Balaban J connectivity index is 2.11. The standard InChI is InChI=1S/C14H21NO3/c1-3-8-14(2,18)9-15-12(16)10-6-4-5-7-11(10)13(15)17/h4-5,10-11,18H,3,6-9H2,1-2H3. The number of likely N-dealkylation sites (tertiary alicyclic amines) is 1. The quantitative estimate of drug-likeness (QED) is 0.608. The van der Waals surface area contributed by atoms with Gasteiger partial charge in [0.2, 0.25) is 11.8 Å². The van der Waals surface area contributed by atoms with E-state index in [2.05, 4.69) is 0 Å². The Morgan fingerprint density at radius 3 is 2.22 bits per heavy atom. The maximum atomic E-state index is 12.2. The second-order valence-corrected chi connectivity index (χ2v) is 5.67. The Morgan fingerprint density at radius 1 is 1.28 bits per heavy atom. The van der Waals surface area contributed by atoms with Crippen molar-refractivity contribution in [3.05, 3.63) is 12.2 Å². The molecule has 0 aromatic carbocycles. The van der Waals surface area contributed by atoms with Gasteiger partial charge in [-0.3, -0.25) is 14.5 Å². The molecule has 1 saturated heterocycles. The number of β-amino-alcohol motifs (C(OH)–C–C–N with tert-alkyl or cyclic N) is 1. The summed E-state index contributed by atoms with van der Waals surface area (Å²) in [7, 11) is 0. The van der Waals surface area contributed by atoms with E-state index in [0.29, 0.717) is 19.3 Å². The van der Waals surface area contributed by atoms with Crippen LogP contribution in [0.25, 0.3) is 0 Å². The van der Waals surface area contributed by atoms with Crippen molar-refractivity contribution in [2.24, 2.45) is 11.8 Å². The van der Waals surface area contributed by atoms with Crippen LogP contribution in [0.5, 0.6) is 0 Å². The van der Waals surface area contributed by atoms with Gasteiger partial charge in [-0.25, -0.2) is 0 Å². The summed E-state index contributed by atoms with van der Waals surface area (Å²) < 4.78 is 0. The lowest BCUT2D eigenvalue weighted by atomic mass is 9.85. The van der Waals surface area contributed by atoms with Gasteiger partial charge in [0.15, 0.2) is 0 Å². The zero-order chi connectivity index (χ0) is 13.3. The highest BCUT2D eigenvalue weighted by atomic mass is 16.3. The highest BCUT2D eigenvalue weighted by molar-refractivity contribution is 6.05. The Morgan fingerprint density at radius 2 is 1.78 bits per heavy atom. The van der Waals surface area contributed by atoms with E-state index in [0.717, 1.165) is 6.42 Å². The Hall–Kier alpha value is -1.16. The van der Waals surface area contributed by atoms with Crippen LogP contribution in [0.1, 0.15) is 39.5 Å². The molecule has 0 radical (unpaired) electrons. The van der Waals surface area contributed by atoms with Crippen molar-refractivity contribution < 1.29 is 14.7 Å². The molecule has 0 aromatic heterocycles. The third kappa shape index (κ3) is 2.34. The Labute approximate surface area is 108 Å². The molecule has 2 amide bonds. The lowest BCUT2D eigenvalue weighted by molar-refractivity contribution is -0.143. The summed E-state index contributed by atoms with van der Waals surface area (Å²) in [5.74, 6) is -0.601. The highest BCUT2D eigenvalue weighted by Gasteiger charge is 2.48. The number of carbonyl (C=O) groups is 2. The maximum Gasteiger partial charge on any atom is 0.233 e. The van der Waals surface area contributed by atoms with Crippen molar-refractivity contribution in [2.75, 3.05) is 6.54 Å². The number of imide groups is 1. The molecule has 2 aliphatic rings. The van der Waals surface area contributed by atoms with Crippen LogP contribution in [0.4, 0.5) is 0 Å². The molecule has 4 nitrogen and oxygen atoms in total. The number of aliphatic hydroxyl groups is 1. The van der Waals surface area contributed by atoms with Crippen LogP contribution in [0.3, 0.4) is 0 Å². The van der Waals surface area contributed by atoms with E-state index in [9.17, 15) is 14.7 Å². The Kier molecular flexibility index (Phi) is 3.57. The fourth-order valence-electron chi connectivity index (χ4n) is 2.98. The lowest BCUT2D eigenvalue weighted by Gasteiger charge is -2.27. The van der Waals surface area contributed by atoms with Crippen LogP contribution in [0.15, 0.2) is 12.2 Å². The second kappa shape index (κ2) is 4.84. The summed E-state index contributed by atoms with van der Waals surface area (Å²) in [6, 6.07) is 0. The van der Waals surface area contributed by atoms with Crippen molar-refractivity contribution in [3.8, 4) is 0 Å². The molecule has 1 fully saturated rings. The minimum Gasteiger partial charge on any atom is -0.388 e. The maximum absolute atomic E-state index is 12.2. The summed E-state index contributed by atoms with van der Waals surface area (Å²) in [4.78, 5) is 25.7. The molecule has 1 N–H and O–H groups in total. The fourth-order valence-corrected chi connectivity index (χ4v) is 2.98. The molecule has 1 aliphatic heterocycles. The molecule has 2 rings (SSSR count). The van der Waals surface area contributed by atoms with Crippen molar-refractivity contribution in [3.63, 3.8) is 0 Å². The topological polar surface area (TPSA) is 57.6 Å². The average Bonchev–Trinajstić information content (AvgIpc) is 2.55. The van der Waals surface area contributed by atoms with Gasteiger partial charge in [0, 0.05) is 0 Å². The van der Waals surface area contributed by atoms with E-state index in [1.807, 2.05) is 19.1 Å². The smallest absolute Gasteiger partial charge is 0.233 e. The van der Waals surface area contributed by atoms with Gasteiger partial charge in [-0.15, -0.1) is 0 Å². The van der Waals surface area contributed by atoms with E-state index in [1.165, 1.54) is 4.90 Å². The Bertz CT molecular complexity index is 361. The van der Waals surface area contributed by atoms with Gasteiger partial charge in [0.1, 0.15) is 0 Å². The van der Waals surface area contributed by atoms with Crippen molar-refractivity contribution in [1.82, 2.24) is 4.90 Å². The van der Waals surface area contributed by atoms with Gasteiger partial charge in [-0.2, -0.15) is 0 Å². The third-order valence-electron chi connectivity index (χ3n) is 3.89. The van der Waals surface area contributed by atoms with Crippen molar-refractivity contribution >= 4 is 11.8 Å². The molecule has 0 bridgehead atoms. The van der Waals surface area contributed by atoms with E-state index in [1.54, 1.807) is 6.92 Å². The summed E-state index contributed by atoms with van der Waals surface area (Å²) in [5.41, 5.74) is -0.971. The van der Waals surface area contributed by atoms with Gasteiger partial charge >= 0.3 is 0 Å². The van der Waals surface area contributed by atoms with Crippen LogP contribution in [0.2, 0.25) is 0 Å². The fraction of sp³-hybridized carbons (Fsp3) is 0.714. The van der Waals surface area contributed by atoms with Gasteiger partial charge < -0.3 is 5.11 Å². The lowest BCUT2D eigenvalue weighted by Crippen LogP contribution is -2.44. The zero-order valence-corrected chi connectivity index (χ0v) is 11.1. The number of nitrogens with zero attached hydrogens (tertiary/aromatic N) is 1. The second-order valence-electron chi connectivity index (χ2n) is 5.67. The molecular formula is C14H21NO3. The van der Waals surface area contributed by atoms with Crippen LogP contribution in [-0.2, 0) is 9.59 Å². The molecule has 0 saturated carbocycles. The van der Waals surface area contributed by atoms with Crippen LogP contribution in [0, 0.1) is 11.8 Å². The first-order valence-corrected chi connectivity index (χ1v) is 6.69. The molecule has 1 heterocycles. The van der Waals surface area contributed by atoms with Crippen LogP contribution >= 0.6 is 0 Å². The minimum absolute atomic E-state index is 0.106. The zero-order valence-electron chi connectivity index (χ0n) is 11.1. The molecule has 3 unspecified atom stereocenters. The average molecular weight is 251 g/mol. The van der Waals surface area contributed by atoms with E-state index < -0.39 is 5.60 Å². The first kappa shape index (κ1) is 13.3. The summed E-state index contributed by atoms with van der Waals surface area (Å²) >= 11 is 0. The van der Waals surface area contributed by atoms with Gasteiger partial charge in [-0.05, 0) is 26.2 Å². The number of hydrogen-bond donors (Lipinski definition) is 1. The van der Waals surface area contributed by atoms with Crippen molar-refractivity contribution in [2.45, 2.75) is 45.1 Å². The molecule has 3 atom stereocenters. The number of fused-ring (bicyclic) bond motifs is 1. The van der Waals surface area contributed by atoms with Gasteiger partial charge in [0.05, 0.1) is 24.0 Å². The summed E-state index contributed by atoms with van der Waals surface area (Å²) in [5, 5.41) is 10.2. The van der Waals surface area contributed by atoms with E-state index in [4.69, 9.17) is 0 Å². The SMILES string of the molecule is CCCC(C)(O)CN1C(=O)C2CC=CCC2C1=O. The van der Waals surface area contributed by atoms with Crippen LogP contribution in [-0.4, -0.2) is 34.0 Å². The molecular weight excluding hydrogens is 230 g/mol. The third-order valence-corrected chi connectivity index (χ3v) is 3.89. The summed E-state index contributed by atoms with van der Waals surface area (Å²) in [6.45, 7) is 3.80. The first-order chi connectivity index (χ1) is 8.46. The van der Waals surface area contributed by atoms with Gasteiger partial charge in [-0.1, -0.05) is 25.5 Å². The molecule has 0 aromatic rings. The largest absolute Gasteiger partial charge is 0.388 e. The normalized spacial score (nSPS) is 30.5. The van der Waals surface area contributed by atoms with Gasteiger partial charge in [0.25, 0.3) is 0 Å². The first-order valence-electron chi connectivity index (χ1n) is 6.69. The predicted molar refractivity (Wildman–Crippen MR) is 67.6 cm³/mol. The number of amides is 2. The summed E-state index contributed by atoms with van der Waals surface area (Å²) in [6.07, 6.45) is 6.68. The number of carbonyl (C=O) groups excluding carboxylic acids is 2. The monoisotopic (exact) mass is 251 g/mol. The van der Waals surface area contributed by atoms with E-state index in [-0.39, 0.29) is 30.2 Å². The molecule has 1 aliphatic carbocycles. The molecule has 0 spiro atoms.